The Morgan fingerprint density at radius 3 is 2.54 bits per heavy atom. The normalized spacial score (nSPS) is 16.0. The van der Waals surface area contributed by atoms with Crippen molar-refractivity contribution < 1.29 is 27.2 Å². The van der Waals surface area contributed by atoms with Crippen LogP contribution >= 0.6 is 0 Å². The number of oxime groups is 1. The van der Waals surface area contributed by atoms with Crippen molar-refractivity contribution in [3.05, 3.63) is 77.1 Å². The minimum atomic E-state index is -4.66. The van der Waals surface area contributed by atoms with Crippen LogP contribution in [0.1, 0.15) is 31.1 Å². The third kappa shape index (κ3) is 4.62. The van der Waals surface area contributed by atoms with Crippen LogP contribution in [0.5, 0.6) is 0 Å². The molecule has 0 N–H and O–H groups in total. The van der Waals surface area contributed by atoms with E-state index in [0.29, 0.717) is 22.6 Å². The van der Waals surface area contributed by atoms with Crippen LogP contribution in [0.3, 0.4) is 0 Å². The fourth-order valence-electron chi connectivity index (χ4n) is 4.30. The first-order valence-electron chi connectivity index (χ1n) is 11.8. The number of imidazole rings is 1. The van der Waals surface area contributed by atoms with Crippen molar-refractivity contribution in [2.24, 2.45) is 16.1 Å². The molecule has 1 fully saturated rings. The van der Waals surface area contributed by atoms with Gasteiger partial charge >= 0.3 is 11.9 Å². The van der Waals surface area contributed by atoms with Gasteiger partial charge in [0.1, 0.15) is 12.0 Å². The molecule has 3 aromatic rings. The maximum Gasteiger partial charge on any atom is 0.433 e. The average molecular weight is 543 g/mol. The minimum Gasteiger partial charge on any atom is -0.363 e. The number of likely N-dealkylation sites (tertiary alicyclic amines) is 1. The van der Waals surface area contributed by atoms with E-state index in [1.807, 2.05) is 13.8 Å². The van der Waals surface area contributed by atoms with Crippen molar-refractivity contribution in [3.63, 3.8) is 0 Å². The number of amides is 1. The highest BCUT2D eigenvalue weighted by Gasteiger charge is 2.37. The van der Waals surface area contributed by atoms with Gasteiger partial charge in [0, 0.05) is 36.8 Å². The smallest absolute Gasteiger partial charge is 0.363 e. The summed E-state index contributed by atoms with van der Waals surface area (Å²) in [7, 11) is 0. The lowest BCUT2D eigenvalue weighted by molar-refractivity contribution is -0.141. The molecule has 0 aromatic carbocycles. The van der Waals surface area contributed by atoms with Gasteiger partial charge in [-0.1, -0.05) is 25.6 Å². The second-order valence-electron chi connectivity index (χ2n) is 9.20. The Kier molecular flexibility index (Phi) is 6.40. The van der Waals surface area contributed by atoms with Gasteiger partial charge in [-0.3, -0.25) is 9.36 Å². The molecule has 10 nitrogen and oxygen atoms in total. The second-order valence-corrected chi connectivity index (χ2v) is 9.20. The zero-order valence-corrected chi connectivity index (χ0v) is 20.7. The first-order valence-corrected chi connectivity index (χ1v) is 11.8. The highest BCUT2D eigenvalue weighted by Crippen LogP contribution is 2.31. The lowest BCUT2D eigenvalue weighted by Gasteiger charge is -2.39. The zero-order valence-electron chi connectivity index (χ0n) is 20.7. The summed E-state index contributed by atoms with van der Waals surface area (Å²) in [5.41, 5.74) is -0.393. The van der Waals surface area contributed by atoms with Crippen LogP contribution in [-0.4, -0.2) is 54.5 Å². The number of hydrogen-bond donors (Lipinski definition) is 0. The van der Waals surface area contributed by atoms with Crippen molar-refractivity contribution in [2.45, 2.75) is 26.1 Å². The molecule has 1 amide bonds. The van der Waals surface area contributed by atoms with Crippen LogP contribution in [-0.2, 0) is 15.8 Å². The molecular formula is C25H21F4N7O3. The van der Waals surface area contributed by atoms with E-state index in [1.165, 1.54) is 21.9 Å². The molecule has 14 heteroatoms. The molecule has 2 aliphatic heterocycles. The van der Waals surface area contributed by atoms with Crippen molar-refractivity contribution in [2.75, 3.05) is 13.1 Å². The summed E-state index contributed by atoms with van der Waals surface area (Å²) >= 11 is 0. The van der Waals surface area contributed by atoms with Gasteiger partial charge in [0.25, 0.3) is 5.91 Å². The number of rotatable bonds is 5. The van der Waals surface area contributed by atoms with Gasteiger partial charge in [-0.15, -0.1) is 0 Å². The van der Waals surface area contributed by atoms with E-state index >= 15 is 0 Å². The summed E-state index contributed by atoms with van der Waals surface area (Å²) in [5, 5.41) is 3.97. The molecule has 0 atom stereocenters. The summed E-state index contributed by atoms with van der Waals surface area (Å²) in [5.74, 6) is -1.72. The number of amidine groups is 1. The van der Waals surface area contributed by atoms with E-state index in [2.05, 4.69) is 26.7 Å². The van der Waals surface area contributed by atoms with Crippen molar-refractivity contribution in [1.82, 2.24) is 24.0 Å². The number of aliphatic imine (C=N–C) groups is 1. The van der Waals surface area contributed by atoms with Crippen LogP contribution in [0.2, 0.25) is 0 Å². The number of hydrogen-bond acceptors (Lipinski definition) is 7. The Bertz CT molecular complexity index is 1630. The molecule has 5 heterocycles. The van der Waals surface area contributed by atoms with Crippen molar-refractivity contribution >= 4 is 28.6 Å². The predicted octanol–water partition coefficient (Wildman–Crippen LogP) is 3.77. The van der Waals surface area contributed by atoms with E-state index in [1.54, 1.807) is 12.1 Å². The average Bonchev–Trinajstić information content (AvgIpc) is 3.00. The maximum absolute atomic E-state index is 13.8. The number of pyridine rings is 2. The topological polar surface area (TPSA) is 107 Å². The largest absolute Gasteiger partial charge is 0.433 e. The number of aromatic nitrogens is 4. The van der Waals surface area contributed by atoms with Crippen molar-refractivity contribution in [1.29, 1.82) is 0 Å². The number of carbonyl (C=O) groups excluding carboxylic acids is 1. The molecule has 0 unspecified atom stereocenters. The van der Waals surface area contributed by atoms with Crippen molar-refractivity contribution in [3.8, 4) is 5.69 Å². The zero-order chi connectivity index (χ0) is 28.1. The minimum absolute atomic E-state index is 0.00448. The quantitative estimate of drug-likeness (QED) is 0.360. The SMILES string of the molecule is C=C(F)C(=O)N1CC(n2c(=O)n(-c3ccc(C(F)(F)F)nc3)c3nccc(C4=NC(C(C)C)=NOC=C4)c32)C1. The van der Waals surface area contributed by atoms with Gasteiger partial charge in [-0.2, -0.15) is 13.2 Å². The summed E-state index contributed by atoms with van der Waals surface area (Å²) in [4.78, 5) is 44.6. The van der Waals surface area contributed by atoms with Gasteiger partial charge in [0.05, 0.1) is 29.2 Å². The highest BCUT2D eigenvalue weighted by molar-refractivity contribution is 6.19. The Balaban J connectivity index is 1.71. The molecule has 0 radical (unpaired) electrons. The summed E-state index contributed by atoms with van der Waals surface area (Å²) in [6, 6.07) is 2.94. The molecule has 1 saturated heterocycles. The van der Waals surface area contributed by atoms with Crippen LogP contribution in [0, 0.1) is 5.92 Å². The Labute approximate surface area is 218 Å². The van der Waals surface area contributed by atoms with E-state index in [9.17, 15) is 27.2 Å². The van der Waals surface area contributed by atoms with Gasteiger partial charge in [0.15, 0.2) is 17.3 Å². The van der Waals surface area contributed by atoms with E-state index in [0.717, 1.165) is 22.9 Å². The third-order valence-corrected chi connectivity index (χ3v) is 6.26. The van der Waals surface area contributed by atoms with Crippen LogP contribution < -0.4 is 5.69 Å². The van der Waals surface area contributed by atoms with Crippen LogP contribution in [0.25, 0.3) is 16.9 Å². The van der Waals surface area contributed by atoms with Gasteiger partial charge in [-0.05, 0) is 18.2 Å². The van der Waals surface area contributed by atoms with Crippen LogP contribution in [0.15, 0.2) is 70.3 Å². The molecule has 0 spiro atoms. The van der Waals surface area contributed by atoms with E-state index in [-0.39, 0.29) is 30.3 Å². The Morgan fingerprint density at radius 1 is 1.18 bits per heavy atom. The molecule has 2 aliphatic rings. The maximum atomic E-state index is 13.8. The van der Waals surface area contributed by atoms with Gasteiger partial charge in [0.2, 0.25) is 0 Å². The monoisotopic (exact) mass is 543 g/mol. The number of halogens is 4. The molecule has 0 aliphatic carbocycles. The predicted molar refractivity (Wildman–Crippen MR) is 133 cm³/mol. The van der Waals surface area contributed by atoms with Gasteiger partial charge < -0.3 is 9.74 Å². The summed E-state index contributed by atoms with van der Waals surface area (Å²) in [6.45, 7) is 6.78. The number of carbonyl (C=O) groups is 1. The lowest BCUT2D eigenvalue weighted by Crippen LogP contribution is -2.53. The fourth-order valence-corrected chi connectivity index (χ4v) is 4.30. The highest BCUT2D eigenvalue weighted by atomic mass is 19.4. The van der Waals surface area contributed by atoms with E-state index < -0.39 is 35.3 Å². The molecule has 202 valence electrons. The fraction of sp³-hybridized carbons (Fsp3) is 0.280. The number of fused-ring (bicyclic) bond motifs is 1. The van der Waals surface area contributed by atoms with Crippen LogP contribution in [0.4, 0.5) is 17.6 Å². The first kappa shape index (κ1) is 26.0. The molecule has 39 heavy (non-hydrogen) atoms. The number of alkyl halides is 3. The third-order valence-electron chi connectivity index (χ3n) is 6.26. The number of nitrogens with zero attached hydrogens (tertiary/aromatic N) is 7. The molecule has 0 bridgehead atoms. The standard InChI is InChI=1S/C25H21F4N7O3/c1-13(2)21-32-18(7-9-39-33-21)17-6-8-30-22-20(17)35(16-11-34(12-16)23(37)14(3)26)24(38)36(22)15-4-5-19(31-10-15)25(27,28)29/h4-10,13,16H,3,11-12H2,1-2H3. The molecule has 5 rings (SSSR count). The van der Waals surface area contributed by atoms with E-state index in [4.69, 9.17) is 4.84 Å². The molecular weight excluding hydrogens is 522 g/mol. The second kappa shape index (κ2) is 9.60. The molecule has 3 aromatic heterocycles. The summed E-state index contributed by atoms with van der Waals surface area (Å²) in [6.07, 6.45) is 0.604. The first-order chi connectivity index (χ1) is 18.5. The lowest BCUT2D eigenvalue weighted by atomic mass is 10.1. The van der Waals surface area contributed by atoms with Gasteiger partial charge in [-0.25, -0.2) is 28.7 Å². The molecule has 0 saturated carbocycles. The number of allylic oxidation sites excluding steroid dienone is 1. The Hall–Kier alpha value is -4.62. The Morgan fingerprint density at radius 2 is 1.92 bits per heavy atom. The summed E-state index contributed by atoms with van der Waals surface area (Å²) < 4.78 is 55.3.